The van der Waals surface area contributed by atoms with E-state index in [-0.39, 0.29) is 5.41 Å². The standard InChI is InChI=1S/C24H24N2O/c25-17-24(9-10-24)21-8-4-7-19(11-21)20-12-22-15-27-16-23(13-20)26(22)14-18-5-2-1-3-6-18/h1-8,11-12,22-23H,9-10,13-16H2. The van der Waals surface area contributed by atoms with Crippen LogP contribution in [0.3, 0.4) is 0 Å². The highest BCUT2D eigenvalue weighted by atomic mass is 16.5. The Hall–Kier alpha value is -2.41. The highest BCUT2D eigenvalue weighted by Gasteiger charge is 2.45. The molecule has 2 bridgehead atoms. The Labute approximate surface area is 160 Å². The first-order valence-electron chi connectivity index (χ1n) is 9.88. The fourth-order valence-corrected chi connectivity index (χ4v) is 4.52. The fraction of sp³-hybridized carbons (Fsp3) is 0.375. The summed E-state index contributed by atoms with van der Waals surface area (Å²) in [5.41, 5.74) is 5.02. The van der Waals surface area contributed by atoms with Crippen LogP contribution in [0.25, 0.3) is 5.57 Å². The molecule has 2 heterocycles. The normalized spacial score (nSPS) is 26.1. The molecule has 2 atom stereocenters. The Bertz CT molecular complexity index is 907. The van der Waals surface area contributed by atoms with E-state index in [0.717, 1.165) is 39.0 Å². The van der Waals surface area contributed by atoms with Crippen molar-refractivity contribution in [2.24, 2.45) is 0 Å². The summed E-state index contributed by atoms with van der Waals surface area (Å²) in [6.07, 6.45) is 5.39. The number of rotatable bonds is 4. The van der Waals surface area contributed by atoms with Crippen molar-refractivity contribution in [3.05, 3.63) is 77.4 Å². The van der Waals surface area contributed by atoms with Crippen LogP contribution in [-0.4, -0.2) is 30.2 Å². The minimum atomic E-state index is -0.219. The third-order valence-corrected chi connectivity index (χ3v) is 6.30. The molecule has 2 aliphatic heterocycles. The van der Waals surface area contributed by atoms with Crippen molar-refractivity contribution in [2.75, 3.05) is 13.2 Å². The molecule has 5 rings (SSSR count). The molecule has 3 aliphatic rings. The van der Waals surface area contributed by atoms with E-state index in [1.54, 1.807) is 0 Å². The highest BCUT2D eigenvalue weighted by molar-refractivity contribution is 5.69. The average molecular weight is 356 g/mol. The maximum atomic E-state index is 9.53. The molecule has 1 aliphatic carbocycles. The van der Waals surface area contributed by atoms with E-state index in [1.807, 2.05) is 0 Å². The molecule has 1 saturated heterocycles. The summed E-state index contributed by atoms with van der Waals surface area (Å²) in [6, 6.07) is 22.7. The summed E-state index contributed by atoms with van der Waals surface area (Å²) in [7, 11) is 0. The number of hydrogen-bond donors (Lipinski definition) is 0. The average Bonchev–Trinajstić information content (AvgIpc) is 3.50. The Kier molecular flexibility index (Phi) is 4.11. The van der Waals surface area contributed by atoms with E-state index in [4.69, 9.17) is 4.74 Å². The van der Waals surface area contributed by atoms with E-state index in [9.17, 15) is 5.26 Å². The molecule has 3 nitrogen and oxygen atoms in total. The van der Waals surface area contributed by atoms with Crippen LogP contribution >= 0.6 is 0 Å². The summed E-state index contributed by atoms with van der Waals surface area (Å²) in [5, 5.41) is 9.53. The van der Waals surface area contributed by atoms with Gasteiger partial charge in [0.15, 0.2) is 0 Å². The van der Waals surface area contributed by atoms with Crippen molar-refractivity contribution in [1.29, 1.82) is 5.26 Å². The lowest BCUT2D eigenvalue weighted by atomic mass is 9.87. The molecule has 2 aromatic carbocycles. The summed E-state index contributed by atoms with van der Waals surface area (Å²) >= 11 is 0. The number of ether oxygens (including phenoxy) is 1. The first-order valence-corrected chi connectivity index (χ1v) is 9.88. The number of benzene rings is 2. The summed E-state index contributed by atoms with van der Waals surface area (Å²) < 4.78 is 5.86. The second-order valence-electron chi connectivity index (χ2n) is 8.09. The molecule has 2 fully saturated rings. The Morgan fingerprint density at radius 3 is 2.67 bits per heavy atom. The summed E-state index contributed by atoms with van der Waals surface area (Å²) in [6.45, 7) is 2.53. The zero-order valence-corrected chi connectivity index (χ0v) is 15.5. The maximum Gasteiger partial charge on any atom is 0.0824 e. The molecule has 2 aromatic rings. The van der Waals surface area contributed by atoms with E-state index in [2.05, 4.69) is 71.6 Å². The quantitative estimate of drug-likeness (QED) is 0.819. The molecular weight excluding hydrogens is 332 g/mol. The predicted molar refractivity (Wildman–Crippen MR) is 106 cm³/mol. The van der Waals surface area contributed by atoms with Crippen LogP contribution in [0.4, 0.5) is 0 Å². The number of morpholine rings is 1. The third-order valence-electron chi connectivity index (χ3n) is 6.30. The van der Waals surface area contributed by atoms with Gasteiger partial charge in [0.05, 0.1) is 30.7 Å². The molecule has 0 aromatic heterocycles. The van der Waals surface area contributed by atoms with Crippen LogP contribution in [-0.2, 0) is 16.7 Å². The highest BCUT2D eigenvalue weighted by Crippen LogP contribution is 2.48. The lowest BCUT2D eigenvalue weighted by molar-refractivity contribution is -0.0402. The molecule has 27 heavy (non-hydrogen) atoms. The minimum Gasteiger partial charge on any atom is -0.378 e. The van der Waals surface area contributed by atoms with Gasteiger partial charge in [0.2, 0.25) is 0 Å². The molecule has 0 amide bonds. The largest absolute Gasteiger partial charge is 0.378 e. The third kappa shape index (κ3) is 3.10. The van der Waals surface area contributed by atoms with Crippen molar-refractivity contribution in [3.63, 3.8) is 0 Å². The Morgan fingerprint density at radius 2 is 1.93 bits per heavy atom. The van der Waals surface area contributed by atoms with E-state index in [1.165, 1.54) is 22.3 Å². The van der Waals surface area contributed by atoms with E-state index < -0.39 is 0 Å². The minimum absolute atomic E-state index is 0.219. The monoisotopic (exact) mass is 356 g/mol. The topological polar surface area (TPSA) is 36.3 Å². The van der Waals surface area contributed by atoms with E-state index >= 15 is 0 Å². The predicted octanol–water partition coefficient (Wildman–Crippen LogP) is 4.30. The van der Waals surface area contributed by atoms with Gasteiger partial charge in [-0.2, -0.15) is 5.26 Å². The zero-order chi connectivity index (χ0) is 18.3. The second-order valence-corrected chi connectivity index (χ2v) is 8.09. The maximum absolute atomic E-state index is 9.53. The number of nitrogens with zero attached hydrogens (tertiary/aromatic N) is 2. The first kappa shape index (κ1) is 16.7. The van der Waals surface area contributed by atoms with Crippen molar-refractivity contribution in [3.8, 4) is 6.07 Å². The van der Waals surface area contributed by atoms with Crippen LogP contribution in [0, 0.1) is 11.3 Å². The van der Waals surface area contributed by atoms with Crippen molar-refractivity contribution >= 4 is 5.57 Å². The number of fused-ring (bicyclic) bond motifs is 2. The summed E-state index contributed by atoms with van der Waals surface area (Å²) in [4.78, 5) is 2.59. The van der Waals surface area contributed by atoms with Gasteiger partial charge >= 0.3 is 0 Å². The van der Waals surface area contributed by atoms with Crippen molar-refractivity contribution < 1.29 is 4.74 Å². The SMILES string of the molecule is N#CC1(c2cccc(C3=CC4COCC(C3)N4Cc3ccccc3)c2)CC1. The second kappa shape index (κ2) is 6.64. The molecule has 3 heteroatoms. The van der Waals surface area contributed by atoms with Gasteiger partial charge in [0.1, 0.15) is 0 Å². The van der Waals surface area contributed by atoms with Gasteiger partial charge in [-0.1, -0.05) is 54.6 Å². The lowest BCUT2D eigenvalue weighted by Crippen LogP contribution is -2.53. The molecular formula is C24H24N2O. The molecule has 2 unspecified atom stereocenters. The van der Waals surface area contributed by atoms with Crippen molar-refractivity contribution in [2.45, 2.75) is 43.3 Å². The van der Waals surface area contributed by atoms with Gasteiger partial charge in [-0.25, -0.2) is 0 Å². The molecule has 0 N–H and O–H groups in total. The van der Waals surface area contributed by atoms with Crippen LogP contribution < -0.4 is 0 Å². The van der Waals surface area contributed by atoms with Gasteiger partial charge in [0.25, 0.3) is 0 Å². The zero-order valence-electron chi connectivity index (χ0n) is 15.5. The molecule has 0 spiro atoms. The van der Waals surface area contributed by atoms with Gasteiger partial charge < -0.3 is 4.74 Å². The van der Waals surface area contributed by atoms with Gasteiger partial charge in [-0.05, 0) is 47.6 Å². The van der Waals surface area contributed by atoms with Crippen LogP contribution in [0.1, 0.15) is 36.0 Å². The summed E-state index contributed by atoms with van der Waals surface area (Å²) in [5.74, 6) is 0. The first-order chi connectivity index (χ1) is 13.3. The number of hydrogen-bond acceptors (Lipinski definition) is 3. The Morgan fingerprint density at radius 1 is 1.07 bits per heavy atom. The fourth-order valence-electron chi connectivity index (χ4n) is 4.52. The molecule has 136 valence electrons. The molecule has 0 radical (unpaired) electrons. The van der Waals surface area contributed by atoms with Crippen LogP contribution in [0.2, 0.25) is 0 Å². The smallest absolute Gasteiger partial charge is 0.0824 e. The van der Waals surface area contributed by atoms with Crippen LogP contribution in [0.15, 0.2) is 60.7 Å². The van der Waals surface area contributed by atoms with Gasteiger partial charge in [-0.15, -0.1) is 0 Å². The number of nitriles is 1. The van der Waals surface area contributed by atoms with Crippen LogP contribution in [0.5, 0.6) is 0 Å². The Balaban J connectivity index is 1.42. The van der Waals surface area contributed by atoms with Crippen molar-refractivity contribution in [1.82, 2.24) is 4.90 Å². The van der Waals surface area contributed by atoms with E-state index in [0.29, 0.717) is 12.1 Å². The lowest BCUT2D eigenvalue weighted by Gasteiger charge is -2.45. The van der Waals surface area contributed by atoms with Gasteiger partial charge in [0, 0.05) is 12.6 Å². The molecule has 1 saturated carbocycles. The van der Waals surface area contributed by atoms with Gasteiger partial charge in [-0.3, -0.25) is 4.90 Å².